The van der Waals surface area contributed by atoms with Crippen LogP contribution in [0.5, 0.6) is 0 Å². The lowest BCUT2D eigenvalue weighted by atomic mass is 9.82. The number of halogens is 3. The predicted octanol–water partition coefficient (Wildman–Crippen LogP) is 9.61. The molecule has 2 nitrogen and oxygen atoms in total. The molecule has 6 heteroatoms. The van der Waals surface area contributed by atoms with Gasteiger partial charge in [0.1, 0.15) is 0 Å². The van der Waals surface area contributed by atoms with Crippen LogP contribution in [0.15, 0.2) is 72.9 Å². The molecule has 0 N–H and O–H groups in total. The largest absolute Gasteiger partial charge is 0.394 e. The number of pyridine rings is 1. The van der Waals surface area contributed by atoms with Gasteiger partial charge in [0.25, 0.3) is 0 Å². The van der Waals surface area contributed by atoms with Crippen molar-refractivity contribution in [3.8, 4) is 22.4 Å². The van der Waals surface area contributed by atoms with Crippen LogP contribution in [-0.4, -0.2) is 16.1 Å². The van der Waals surface area contributed by atoms with E-state index in [1.807, 2.05) is 30.5 Å². The minimum Gasteiger partial charge on any atom is -0.256 e. The van der Waals surface area contributed by atoms with Crippen molar-refractivity contribution in [2.75, 3.05) is 0 Å². The van der Waals surface area contributed by atoms with E-state index in [1.54, 1.807) is 0 Å². The Balaban J connectivity index is 1.53. The minimum absolute atomic E-state index is 0.0250. The number of benzene rings is 3. The Morgan fingerprint density at radius 1 is 0.784 bits per heavy atom. The second-order valence-electron chi connectivity index (χ2n) is 11.3. The third-order valence-electron chi connectivity index (χ3n) is 6.85. The highest BCUT2D eigenvalue weighted by atomic mass is 32.1. The van der Waals surface area contributed by atoms with Crippen LogP contribution >= 0.6 is 11.3 Å². The first kappa shape index (κ1) is 25.4. The lowest BCUT2D eigenvalue weighted by molar-refractivity contribution is -0.211. The molecule has 0 saturated carbocycles. The molecule has 0 aliphatic carbocycles. The molecular weight excluding hydrogens is 489 g/mol. The summed E-state index contributed by atoms with van der Waals surface area (Å²) in [6.07, 6.45) is -2.60. The fraction of sp³-hybridized carbons (Fsp3) is 0.290. The topological polar surface area (TPSA) is 25.8 Å². The zero-order chi connectivity index (χ0) is 26.6. The molecule has 0 saturated heterocycles. The minimum atomic E-state index is -4.28. The highest BCUT2D eigenvalue weighted by molar-refractivity contribution is 7.18. The smallest absolute Gasteiger partial charge is 0.256 e. The van der Waals surface area contributed by atoms with Gasteiger partial charge in [0, 0.05) is 18.2 Å². The molecule has 5 rings (SSSR count). The fourth-order valence-corrected chi connectivity index (χ4v) is 5.79. The molecule has 0 aliphatic heterocycles. The summed E-state index contributed by atoms with van der Waals surface area (Å²) in [6, 6.07) is 22.7. The molecule has 0 bridgehead atoms. The van der Waals surface area contributed by atoms with Gasteiger partial charge in [-0.2, -0.15) is 13.2 Å². The lowest BCUT2D eigenvalue weighted by Crippen LogP contribution is -2.34. The molecule has 3 aromatic carbocycles. The fourth-order valence-electron chi connectivity index (χ4n) is 4.55. The number of hydrogen-bond donors (Lipinski definition) is 0. The molecule has 0 fully saturated rings. The molecule has 0 atom stereocenters. The third-order valence-corrected chi connectivity index (χ3v) is 7.87. The van der Waals surface area contributed by atoms with Crippen LogP contribution in [0.3, 0.4) is 0 Å². The Morgan fingerprint density at radius 3 is 2.24 bits per heavy atom. The molecule has 0 aliphatic rings. The molecule has 0 spiro atoms. The zero-order valence-corrected chi connectivity index (χ0v) is 22.4. The van der Waals surface area contributed by atoms with Crippen LogP contribution in [-0.2, 0) is 11.8 Å². The van der Waals surface area contributed by atoms with Crippen molar-refractivity contribution in [2.45, 2.75) is 52.6 Å². The SMILES string of the molecule is CC(C)(C)c1cc(-c2cc(-c3ccc4nc(CC(C)(C)C(F)(F)F)sc4c3)ccn2)cc2ccccc12. The van der Waals surface area contributed by atoms with Gasteiger partial charge < -0.3 is 0 Å². The first-order valence-electron chi connectivity index (χ1n) is 12.3. The van der Waals surface area contributed by atoms with E-state index < -0.39 is 11.6 Å². The summed E-state index contributed by atoms with van der Waals surface area (Å²) < 4.78 is 41.0. The van der Waals surface area contributed by atoms with E-state index in [4.69, 9.17) is 0 Å². The average molecular weight is 519 g/mol. The van der Waals surface area contributed by atoms with Crippen molar-refractivity contribution < 1.29 is 13.2 Å². The van der Waals surface area contributed by atoms with E-state index in [9.17, 15) is 13.2 Å². The number of hydrogen-bond acceptors (Lipinski definition) is 3. The number of rotatable bonds is 4. The summed E-state index contributed by atoms with van der Waals surface area (Å²) >= 11 is 1.33. The Hall–Kier alpha value is -3.25. The molecule has 0 amide bonds. The molecular formula is C31H29F3N2S. The maximum absolute atomic E-state index is 13.4. The number of thiazole rings is 1. The van der Waals surface area contributed by atoms with Crippen molar-refractivity contribution >= 4 is 32.3 Å². The van der Waals surface area contributed by atoms with Gasteiger partial charge in [0.15, 0.2) is 0 Å². The predicted molar refractivity (Wildman–Crippen MR) is 148 cm³/mol. The Bertz CT molecular complexity index is 1610. The van der Waals surface area contributed by atoms with Gasteiger partial charge >= 0.3 is 6.18 Å². The Kier molecular flexibility index (Phi) is 6.14. The highest BCUT2D eigenvalue weighted by Crippen LogP contribution is 2.42. The summed E-state index contributed by atoms with van der Waals surface area (Å²) in [6.45, 7) is 9.10. The van der Waals surface area contributed by atoms with Gasteiger partial charge in [-0.15, -0.1) is 11.3 Å². The highest BCUT2D eigenvalue weighted by Gasteiger charge is 2.47. The molecule has 2 heterocycles. The van der Waals surface area contributed by atoms with Gasteiger partial charge in [0.2, 0.25) is 0 Å². The maximum atomic E-state index is 13.4. The summed E-state index contributed by atoms with van der Waals surface area (Å²) in [5.41, 5.74) is 4.07. The standard InChI is InChI=1S/C31H29F3N2S/c1-29(2,3)24-15-22(14-21-8-6-7-9-23(21)24)26-16-20(12-13-35-26)19-10-11-25-27(17-19)37-28(36-25)18-30(4,5)31(32,33)34/h6-17H,18H2,1-5H3. The second kappa shape index (κ2) is 8.95. The van der Waals surface area contributed by atoms with Crippen molar-refractivity contribution in [1.29, 1.82) is 0 Å². The van der Waals surface area contributed by atoms with Crippen LogP contribution in [0.1, 0.15) is 45.2 Å². The summed E-state index contributed by atoms with van der Waals surface area (Å²) in [5, 5.41) is 2.92. The van der Waals surface area contributed by atoms with Gasteiger partial charge in [0.05, 0.1) is 26.3 Å². The number of nitrogens with zero attached hydrogens (tertiary/aromatic N) is 2. The van der Waals surface area contributed by atoms with Crippen molar-refractivity contribution in [2.24, 2.45) is 5.41 Å². The van der Waals surface area contributed by atoms with Gasteiger partial charge in [-0.1, -0.05) is 65.0 Å². The Morgan fingerprint density at radius 2 is 1.51 bits per heavy atom. The van der Waals surface area contributed by atoms with E-state index in [0.29, 0.717) is 5.01 Å². The van der Waals surface area contributed by atoms with Crippen LogP contribution in [0, 0.1) is 5.41 Å². The third kappa shape index (κ3) is 4.99. The number of fused-ring (bicyclic) bond motifs is 2. The van der Waals surface area contributed by atoms with Crippen molar-refractivity contribution in [1.82, 2.24) is 9.97 Å². The quantitative estimate of drug-likeness (QED) is 0.237. The molecule has 0 unspecified atom stereocenters. The van der Waals surface area contributed by atoms with Crippen molar-refractivity contribution in [3.63, 3.8) is 0 Å². The van der Waals surface area contributed by atoms with E-state index in [-0.39, 0.29) is 11.8 Å². The lowest BCUT2D eigenvalue weighted by Gasteiger charge is -2.26. The van der Waals surface area contributed by atoms with E-state index in [0.717, 1.165) is 32.6 Å². The average Bonchev–Trinajstić information content (AvgIpc) is 3.23. The van der Waals surface area contributed by atoms with Crippen LogP contribution < -0.4 is 0 Å². The van der Waals surface area contributed by atoms with Crippen LogP contribution in [0.2, 0.25) is 0 Å². The summed E-state index contributed by atoms with van der Waals surface area (Å²) in [5.74, 6) is 0. The summed E-state index contributed by atoms with van der Waals surface area (Å²) in [4.78, 5) is 9.16. The van der Waals surface area contributed by atoms with Gasteiger partial charge in [-0.05, 0) is 69.3 Å². The van der Waals surface area contributed by atoms with E-state index in [2.05, 4.69) is 73.2 Å². The molecule has 2 aromatic heterocycles. The summed E-state index contributed by atoms with van der Waals surface area (Å²) in [7, 11) is 0. The molecule has 0 radical (unpaired) electrons. The van der Waals surface area contributed by atoms with Gasteiger partial charge in [-0.25, -0.2) is 4.98 Å². The zero-order valence-electron chi connectivity index (χ0n) is 21.6. The van der Waals surface area contributed by atoms with Crippen molar-refractivity contribution in [3.05, 3.63) is 83.5 Å². The Labute approximate surface area is 219 Å². The van der Waals surface area contributed by atoms with Gasteiger partial charge in [-0.3, -0.25) is 4.98 Å². The van der Waals surface area contributed by atoms with E-state index in [1.165, 1.54) is 41.5 Å². The first-order valence-corrected chi connectivity index (χ1v) is 13.1. The molecule has 190 valence electrons. The second-order valence-corrected chi connectivity index (χ2v) is 12.4. The normalized spacial score (nSPS) is 13.0. The van der Waals surface area contributed by atoms with Crippen LogP contribution in [0.25, 0.3) is 43.4 Å². The first-order chi connectivity index (χ1) is 17.3. The van der Waals surface area contributed by atoms with Crippen LogP contribution in [0.4, 0.5) is 13.2 Å². The molecule has 5 aromatic rings. The molecule has 37 heavy (non-hydrogen) atoms. The number of alkyl halides is 3. The number of aromatic nitrogens is 2. The van der Waals surface area contributed by atoms with E-state index >= 15 is 0 Å². The maximum Gasteiger partial charge on any atom is 0.394 e. The monoisotopic (exact) mass is 518 g/mol.